The summed E-state index contributed by atoms with van der Waals surface area (Å²) in [6.45, 7) is 6.89. The number of carbonyl (C=O) groups excluding carboxylic acids is 1. The first kappa shape index (κ1) is 13.7. The van der Waals surface area contributed by atoms with Gasteiger partial charge in [0.1, 0.15) is 6.61 Å². The van der Waals surface area contributed by atoms with Crippen molar-refractivity contribution in [3.05, 3.63) is 34.9 Å². The number of carbonyl (C=O) groups is 1. The highest BCUT2D eigenvalue weighted by molar-refractivity contribution is 5.92. The number of ether oxygens (including phenoxy) is 1. The Morgan fingerprint density at radius 1 is 1.18 bits per heavy atom. The summed E-state index contributed by atoms with van der Waals surface area (Å²) in [5.41, 5.74) is 2.32. The Hall–Kier alpha value is -1.39. The van der Waals surface area contributed by atoms with Gasteiger partial charge < -0.3 is 4.74 Å². The molecule has 17 heavy (non-hydrogen) atoms. The third kappa shape index (κ3) is 4.17. The van der Waals surface area contributed by atoms with E-state index in [9.17, 15) is 4.79 Å². The number of aryl methyl sites for hydroxylation is 2. The average Bonchev–Trinajstić information content (AvgIpc) is 2.28. The summed E-state index contributed by atoms with van der Waals surface area (Å²) < 4.78 is 5.05. The summed E-state index contributed by atoms with van der Waals surface area (Å²) in [5.74, 6) is -0.461. The molecule has 0 unspecified atom stereocenters. The van der Waals surface area contributed by atoms with Gasteiger partial charge in [0.2, 0.25) is 0 Å². The van der Waals surface area contributed by atoms with Gasteiger partial charge in [0.25, 0.3) is 0 Å². The molecular weight excluding hydrogens is 220 g/mol. The van der Waals surface area contributed by atoms with Gasteiger partial charge in [0.15, 0.2) is 0 Å². The molecule has 0 amide bonds. The van der Waals surface area contributed by atoms with Crippen LogP contribution in [0.15, 0.2) is 18.2 Å². The monoisotopic (exact) mass is 238 g/mol. The van der Waals surface area contributed by atoms with Gasteiger partial charge in [0.05, 0.1) is 12.2 Å². The largest absolute Gasteiger partial charge is 0.379 e. The minimum atomic E-state index is -0.461. The fourth-order valence-electron chi connectivity index (χ4n) is 1.51. The summed E-state index contributed by atoms with van der Waals surface area (Å²) in [7, 11) is 0. The highest BCUT2D eigenvalue weighted by atomic mass is 17.2. The van der Waals surface area contributed by atoms with Crippen molar-refractivity contribution in [2.45, 2.75) is 20.8 Å². The second-order valence-electron chi connectivity index (χ2n) is 3.66. The predicted molar refractivity (Wildman–Crippen MR) is 63.8 cm³/mol. The smallest absolute Gasteiger partial charge is 0.373 e. The second kappa shape index (κ2) is 7.04. The molecule has 1 aromatic rings. The van der Waals surface area contributed by atoms with E-state index in [1.807, 2.05) is 39.0 Å². The molecule has 0 N–H and O–H groups in total. The molecule has 0 spiro atoms. The van der Waals surface area contributed by atoms with Crippen LogP contribution in [-0.4, -0.2) is 25.8 Å². The van der Waals surface area contributed by atoms with Crippen LogP contribution in [0.4, 0.5) is 0 Å². The standard InChI is InChI=1S/C13H18O4/c1-4-15-8-9-16-17-13(14)12-10(2)6-5-7-11(12)3/h5-7H,4,8-9H2,1-3H3. The van der Waals surface area contributed by atoms with E-state index < -0.39 is 5.97 Å². The Balaban J connectivity index is 2.47. The van der Waals surface area contributed by atoms with E-state index >= 15 is 0 Å². The first-order valence-electron chi connectivity index (χ1n) is 5.64. The van der Waals surface area contributed by atoms with Crippen molar-refractivity contribution in [2.75, 3.05) is 19.8 Å². The van der Waals surface area contributed by atoms with Crippen LogP contribution < -0.4 is 0 Å². The molecule has 0 saturated heterocycles. The van der Waals surface area contributed by atoms with Crippen molar-refractivity contribution in [2.24, 2.45) is 0 Å². The van der Waals surface area contributed by atoms with E-state index in [1.165, 1.54) is 0 Å². The average molecular weight is 238 g/mol. The van der Waals surface area contributed by atoms with Gasteiger partial charge in [-0.1, -0.05) is 18.2 Å². The maximum atomic E-state index is 11.7. The van der Waals surface area contributed by atoms with E-state index in [4.69, 9.17) is 14.5 Å². The lowest BCUT2D eigenvalue weighted by Crippen LogP contribution is -2.12. The summed E-state index contributed by atoms with van der Waals surface area (Å²) in [4.78, 5) is 21.2. The zero-order valence-electron chi connectivity index (χ0n) is 10.5. The zero-order chi connectivity index (χ0) is 12.7. The fourth-order valence-corrected chi connectivity index (χ4v) is 1.51. The Bertz CT molecular complexity index is 353. The van der Waals surface area contributed by atoms with Crippen molar-refractivity contribution in [1.29, 1.82) is 0 Å². The van der Waals surface area contributed by atoms with Crippen LogP contribution in [0.2, 0.25) is 0 Å². The Kier molecular flexibility index (Phi) is 5.66. The van der Waals surface area contributed by atoms with Gasteiger partial charge in [-0.2, -0.15) is 4.89 Å². The van der Waals surface area contributed by atoms with Gasteiger partial charge in [-0.25, -0.2) is 4.79 Å². The molecule has 0 aliphatic heterocycles. The van der Waals surface area contributed by atoms with Crippen LogP contribution in [0.25, 0.3) is 0 Å². The van der Waals surface area contributed by atoms with Crippen LogP contribution in [0, 0.1) is 13.8 Å². The van der Waals surface area contributed by atoms with Crippen molar-refractivity contribution in [3.8, 4) is 0 Å². The summed E-state index contributed by atoms with van der Waals surface area (Å²) in [6, 6.07) is 5.63. The van der Waals surface area contributed by atoms with Crippen molar-refractivity contribution < 1.29 is 19.3 Å². The molecule has 0 atom stereocenters. The van der Waals surface area contributed by atoms with Gasteiger partial charge >= 0.3 is 5.97 Å². The lowest BCUT2D eigenvalue weighted by atomic mass is 10.0. The maximum absolute atomic E-state index is 11.7. The van der Waals surface area contributed by atoms with Crippen LogP contribution >= 0.6 is 0 Å². The van der Waals surface area contributed by atoms with Crippen molar-refractivity contribution >= 4 is 5.97 Å². The van der Waals surface area contributed by atoms with E-state index in [-0.39, 0.29) is 6.61 Å². The minimum Gasteiger partial charge on any atom is -0.379 e. The molecule has 0 saturated carbocycles. The number of rotatable bonds is 6. The van der Waals surface area contributed by atoms with Gasteiger partial charge in [-0.05, 0) is 31.9 Å². The van der Waals surface area contributed by atoms with Crippen molar-refractivity contribution in [1.82, 2.24) is 0 Å². The Morgan fingerprint density at radius 3 is 2.41 bits per heavy atom. The molecular formula is C13H18O4. The molecule has 1 rings (SSSR count). The molecule has 0 radical (unpaired) electrons. The first-order chi connectivity index (χ1) is 8.16. The highest BCUT2D eigenvalue weighted by Gasteiger charge is 2.14. The van der Waals surface area contributed by atoms with Crippen LogP contribution in [0.1, 0.15) is 28.4 Å². The molecule has 4 heteroatoms. The third-order valence-electron chi connectivity index (χ3n) is 2.33. The second-order valence-corrected chi connectivity index (χ2v) is 3.66. The maximum Gasteiger partial charge on any atom is 0.373 e. The molecule has 4 nitrogen and oxygen atoms in total. The molecule has 0 aromatic heterocycles. The van der Waals surface area contributed by atoms with E-state index in [0.717, 1.165) is 11.1 Å². The lowest BCUT2D eigenvalue weighted by molar-refractivity contribution is -0.247. The van der Waals surface area contributed by atoms with Crippen LogP contribution in [0.3, 0.4) is 0 Å². The quantitative estimate of drug-likeness (QED) is 0.434. The van der Waals surface area contributed by atoms with E-state index in [1.54, 1.807) is 0 Å². The fraction of sp³-hybridized carbons (Fsp3) is 0.462. The molecule has 0 aliphatic rings. The van der Waals surface area contributed by atoms with E-state index in [0.29, 0.717) is 18.8 Å². The SMILES string of the molecule is CCOCCOOC(=O)c1c(C)cccc1C. The molecule has 0 aliphatic carbocycles. The highest BCUT2D eigenvalue weighted by Crippen LogP contribution is 2.14. The van der Waals surface area contributed by atoms with Crippen molar-refractivity contribution in [3.63, 3.8) is 0 Å². The first-order valence-corrected chi connectivity index (χ1v) is 5.64. The molecule has 0 bridgehead atoms. The molecule has 0 heterocycles. The van der Waals surface area contributed by atoms with Crippen LogP contribution in [-0.2, 0) is 14.5 Å². The number of hydrogen-bond acceptors (Lipinski definition) is 4. The van der Waals surface area contributed by atoms with Crippen LogP contribution in [0.5, 0.6) is 0 Å². The predicted octanol–water partition coefficient (Wildman–Crippen LogP) is 2.43. The third-order valence-corrected chi connectivity index (χ3v) is 2.33. The molecule has 94 valence electrons. The topological polar surface area (TPSA) is 44.8 Å². The number of hydrogen-bond donors (Lipinski definition) is 0. The van der Waals surface area contributed by atoms with Gasteiger partial charge in [-0.15, -0.1) is 0 Å². The van der Waals surface area contributed by atoms with E-state index in [2.05, 4.69) is 0 Å². The molecule has 1 aromatic carbocycles. The summed E-state index contributed by atoms with van der Waals surface area (Å²) >= 11 is 0. The zero-order valence-corrected chi connectivity index (χ0v) is 10.5. The lowest BCUT2D eigenvalue weighted by Gasteiger charge is -2.08. The number of benzene rings is 1. The van der Waals surface area contributed by atoms with Gasteiger partial charge in [0, 0.05) is 6.61 Å². The summed E-state index contributed by atoms with van der Waals surface area (Å²) in [5, 5.41) is 0. The Labute approximate surface area is 101 Å². The Morgan fingerprint density at radius 2 is 1.82 bits per heavy atom. The molecule has 0 fully saturated rings. The minimum absolute atomic E-state index is 0.241. The van der Waals surface area contributed by atoms with Gasteiger partial charge in [-0.3, -0.25) is 4.89 Å². The normalized spacial score (nSPS) is 10.3. The summed E-state index contributed by atoms with van der Waals surface area (Å²) in [6.07, 6.45) is 0.